The Labute approximate surface area is 611 Å². The molecule has 9 rings (SSSR count). The monoisotopic (exact) mass is 1450 g/mol. The number of fused-ring (bicyclic) bond motifs is 6. The Morgan fingerprint density at radius 2 is 1.49 bits per heavy atom. The number of nitrogens with zero attached hydrogens (tertiary/aromatic N) is 1. The summed E-state index contributed by atoms with van der Waals surface area (Å²) < 4.78 is 65.8. The highest BCUT2D eigenvalue weighted by molar-refractivity contribution is 6.39. The van der Waals surface area contributed by atoms with Crippen molar-refractivity contribution in [2.24, 2.45) is 46.8 Å². The lowest BCUT2D eigenvalue weighted by atomic mass is 9.54. The van der Waals surface area contributed by atoms with Gasteiger partial charge in [-0.05, 0) is 157 Å². The highest BCUT2D eigenvalue weighted by Crippen LogP contribution is 2.63. The topological polar surface area (TPSA) is 320 Å². The molecule has 1 unspecified atom stereocenters. The number of methoxy groups -OCH3 is 4. The Bertz CT molecular complexity index is 3520. The summed E-state index contributed by atoms with van der Waals surface area (Å²) in [4.78, 5) is 142. The lowest BCUT2D eigenvalue weighted by Crippen LogP contribution is -2.61. The number of cyclic esters (lactones) is 2. The average Bonchev–Trinajstić information content (AvgIpc) is 1.40. The molecular formula is C80H111NO23. The molecule has 24 nitrogen and oxygen atoms in total. The number of esters is 5. The van der Waals surface area contributed by atoms with Crippen molar-refractivity contribution in [1.82, 2.24) is 4.90 Å². The third kappa shape index (κ3) is 17.4. The lowest BCUT2D eigenvalue weighted by molar-refractivity contribution is -0.265. The van der Waals surface area contributed by atoms with Crippen LogP contribution < -0.4 is 0 Å². The number of Topliss-reactive ketones (excluding diaryl/α,β-unsaturated/α-hetero) is 4. The summed E-state index contributed by atoms with van der Waals surface area (Å²) in [5.74, 6) is -11.9. The highest BCUT2D eigenvalue weighted by Gasteiger charge is 2.65. The molecule has 4 aliphatic heterocycles. The van der Waals surface area contributed by atoms with Crippen LogP contribution in [-0.2, 0) is 91.1 Å². The summed E-state index contributed by atoms with van der Waals surface area (Å²) >= 11 is 0. The van der Waals surface area contributed by atoms with Crippen LogP contribution in [-0.4, -0.2) is 188 Å². The number of amides is 1. The number of allylic oxidation sites excluding steroid dienone is 7. The normalized spacial score (nSPS) is 37.6. The van der Waals surface area contributed by atoms with Gasteiger partial charge in [-0.15, -0.1) is 0 Å². The van der Waals surface area contributed by atoms with Gasteiger partial charge < -0.3 is 66.9 Å². The smallest absolute Gasteiger partial charge is 0.342 e. The molecule has 1 amide bonds. The standard InChI is InChI=1S/C80H111NO23/c1-43-22-16-15-17-23-44(2)58(95-12)38-52-29-27-49(7)80(93,104-52)74(89)75(90)81-33-21-20-24-55(81)77(92)101-59(39-56(83)45(3)35-48(6)70(87)73(97-14)69(86)47(5)34-43)46(4)36-51-28-31-57(60(37-51)96-13)100-64(84)25-18-19-26-65(85)102-62-32-30-54-66-68(61(99-50(8)82)40-78(54,62)9)79(10)63(42-94-11)103-76(91)53-41-98-72(67(53)79)71(66)88/h15-17,22-23,35,41,43,45-47,49,51-52,54-55,57-63,70,73,87,93H,18-21,24-34,36-40,42H2,1-14H3/b17-15+,22-16+,44-23+,48-35+/t43-,45-,46-,47-,49-,51+,52+,54?,55+,57-,58+,59+,60-,61-,62+,63-,70-,73+,78+,79+,80-/m1/s1. The molecule has 0 aromatic carbocycles. The van der Waals surface area contributed by atoms with E-state index in [0.717, 1.165) is 10.5 Å². The zero-order valence-corrected chi connectivity index (χ0v) is 63.2. The van der Waals surface area contributed by atoms with Crippen LogP contribution in [0.1, 0.15) is 218 Å². The third-order valence-electron chi connectivity index (χ3n) is 23.9. The van der Waals surface area contributed by atoms with Crippen molar-refractivity contribution in [3.05, 3.63) is 81.9 Å². The molecular weight excluding hydrogens is 1340 g/mol. The molecule has 1 aromatic heterocycles. The molecule has 5 heterocycles. The average molecular weight is 1450 g/mol. The Morgan fingerprint density at radius 1 is 0.769 bits per heavy atom. The fourth-order valence-corrected chi connectivity index (χ4v) is 17.9. The number of aliphatic hydroxyl groups excluding tert-OH is 1. The molecule has 574 valence electrons. The molecule has 2 bridgehead atoms. The van der Waals surface area contributed by atoms with Crippen molar-refractivity contribution >= 4 is 58.9 Å². The van der Waals surface area contributed by atoms with Gasteiger partial charge in [0.05, 0.1) is 30.3 Å². The Morgan fingerprint density at radius 3 is 2.17 bits per heavy atom. The van der Waals surface area contributed by atoms with Crippen LogP contribution in [0.2, 0.25) is 0 Å². The molecule has 21 atom stereocenters. The highest BCUT2D eigenvalue weighted by atomic mass is 16.6. The molecule has 2 saturated carbocycles. The maximum atomic E-state index is 14.8. The van der Waals surface area contributed by atoms with E-state index in [1.54, 1.807) is 40.9 Å². The first-order chi connectivity index (χ1) is 49.3. The van der Waals surface area contributed by atoms with Gasteiger partial charge in [-0.1, -0.05) is 78.0 Å². The molecule has 0 radical (unpaired) electrons. The number of ketones is 4. The number of ether oxygens (including phenoxy) is 10. The van der Waals surface area contributed by atoms with Crippen molar-refractivity contribution in [3.63, 3.8) is 0 Å². The van der Waals surface area contributed by atoms with E-state index in [-0.39, 0.29) is 86.4 Å². The van der Waals surface area contributed by atoms with E-state index in [9.17, 15) is 58.2 Å². The van der Waals surface area contributed by atoms with Gasteiger partial charge in [0.25, 0.3) is 11.7 Å². The van der Waals surface area contributed by atoms with Crippen LogP contribution in [0.25, 0.3) is 0 Å². The summed E-state index contributed by atoms with van der Waals surface area (Å²) in [5, 5.41) is 23.8. The Balaban J connectivity index is 0.842. The molecule has 2 N–H and O–H groups in total. The number of carbonyl (C=O) groups is 10. The number of aliphatic hydroxyl groups is 2. The van der Waals surface area contributed by atoms with Gasteiger partial charge in [0.2, 0.25) is 11.6 Å². The van der Waals surface area contributed by atoms with E-state index >= 15 is 0 Å². The van der Waals surface area contributed by atoms with E-state index in [0.29, 0.717) is 106 Å². The van der Waals surface area contributed by atoms with Crippen molar-refractivity contribution in [2.75, 3.05) is 41.6 Å². The van der Waals surface area contributed by atoms with Crippen LogP contribution in [0.15, 0.2) is 69.4 Å². The van der Waals surface area contributed by atoms with Gasteiger partial charge in [0.1, 0.15) is 66.4 Å². The summed E-state index contributed by atoms with van der Waals surface area (Å²) in [5.41, 5.74) is 0.644. The molecule has 8 aliphatic rings. The van der Waals surface area contributed by atoms with Crippen molar-refractivity contribution in [1.29, 1.82) is 0 Å². The Hall–Kier alpha value is -6.80. The zero-order chi connectivity index (χ0) is 75.9. The van der Waals surface area contributed by atoms with Crippen molar-refractivity contribution in [2.45, 2.75) is 270 Å². The van der Waals surface area contributed by atoms with Gasteiger partial charge in [0, 0.05) is 102 Å². The molecule has 4 aliphatic carbocycles. The molecule has 4 fully saturated rings. The second-order valence-corrected chi connectivity index (χ2v) is 31.2. The number of carbonyl (C=O) groups excluding carboxylic acids is 10. The fraction of sp³-hybridized carbons (Fsp3) is 0.700. The van der Waals surface area contributed by atoms with E-state index < -0.39 is 161 Å². The zero-order valence-electron chi connectivity index (χ0n) is 63.2. The van der Waals surface area contributed by atoms with Crippen molar-refractivity contribution in [3.8, 4) is 0 Å². The minimum Gasteiger partial charge on any atom is -0.462 e. The quantitative estimate of drug-likeness (QED) is 0.0511. The number of rotatable bonds is 16. The van der Waals surface area contributed by atoms with Gasteiger partial charge >= 0.3 is 29.8 Å². The molecule has 0 spiro atoms. The van der Waals surface area contributed by atoms with Crippen LogP contribution in [0.3, 0.4) is 0 Å². The molecule has 2 saturated heterocycles. The maximum absolute atomic E-state index is 14.8. The fourth-order valence-electron chi connectivity index (χ4n) is 17.9. The summed E-state index contributed by atoms with van der Waals surface area (Å²) in [6.45, 7) is 17.6. The number of unbranched alkanes of at least 4 members (excludes halogenated alkanes) is 1. The summed E-state index contributed by atoms with van der Waals surface area (Å²) in [6.07, 6.45) is 9.99. The number of piperidine rings is 1. The number of furan rings is 1. The number of hydrogen-bond acceptors (Lipinski definition) is 23. The van der Waals surface area contributed by atoms with Crippen LogP contribution in [0.4, 0.5) is 0 Å². The predicted octanol–water partition coefficient (Wildman–Crippen LogP) is 10.2. The van der Waals surface area contributed by atoms with Crippen LogP contribution in [0, 0.1) is 46.8 Å². The minimum absolute atomic E-state index is 0.00603. The lowest BCUT2D eigenvalue weighted by Gasteiger charge is -2.52. The largest absolute Gasteiger partial charge is 0.462 e. The van der Waals surface area contributed by atoms with Gasteiger partial charge in [-0.2, -0.15) is 0 Å². The van der Waals surface area contributed by atoms with Crippen LogP contribution >= 0.6 is 0 Å². The summed E-state index contributed by atoms with van der Waals surface area (Å²) in [7, 11) is 5.94. The number of hydrogen-bond donors (Lipinski definition) is 2. The van der Waals surface area contributed by atoms with E-state index in [4.69, 9.17) is 51.8 Å². The van der Waals surface area contributed by atoms with E-state index in [1.165, 1.54) is 34.5 Å². The molecule has 104 heavy (non-hydrogen) atoms. The van der Waals surface area contributed by atoms with Gasteiger partial charge in [-0.25, -0.2) is 9.59 Å². The van der Waals surface area contributed by atoms with E-state index in [2.05, 4.69) is 0 Å². The van der Waals surface area contributed by atoms with Crippen LogP contribution in [0.5, 0.6) is 0 Å². The first kappa shape index (κ1) is 81.3. The first-order valence-electron chi connectivity index (χ1n) is 37.5. The van der Waals surface area contributed by atoms with Gasteiger partial charge in [-0.3, -0.25) is 38.4 Å². The SMILES string of the molecule is COC[C@H]1OC(=O)c2coc3c2[C@@]1(C)C1=C(C3=O)C2CC[C@H](OC(=O)CCCCC(=O)O[C@@H]3CC[C@@H](C[C@@H](C)[C@@H]4CC(=O)[C@H](C)/C=C(\C)[C@@H](O)[C@@H](OC)C(=O)[C@H](C)C[C@H](C)/C=C/C=C/C=C(\C)[C@@H](OC)C[C@@H]5CC[C@@H](C)[C@@](O)(O5)C(=O)C(=O)N5CCCC[C@H]5C(=O)O4)C[C@H]3OC)[C@@]2(C)C[C@H]1OC(C)=O. The third-order valence-corrected chi connectivity index (χ3v) is 23.9. The second-order valence-electron chi connectivity index (χ2n) is 31.2. The predicted molar refractivity (Wildman–Crippen MR) is 377 cm³/mol. The maximum Gasteiger partial charge on any atom is 0.342 e. The van der Waals surface area contributed by atoms with E-state index in [1.807, 2.05) is 65.0 Å². The molecule has 1 aromatic rings. The van der Waals surface area contributed by atoms with Gasteiger partial charge in [0.15, 0.2) is 11.5 Å². The molecule has 24 heteroatoms. The minimum atomic E-state index is -2.50. The second kappa shape index (κ2) is 34.8. The Kier molecular flexibility index (Phi) is 27.2. The first-order valence-corrected chi connectivity index (χ1v) is 37.5. The summed E-state index contributed by atoms with van der Waals surface area (Å²) in [6, 6.07) is -1.23. The van der Waals surface area contributed by atoms with Crippen molar-refractivity contribution < 1.29 is 110 Å².